The van der Waals surface area contributed by atoms with Crippen molar-refractivity contribution in [3.05, 3.63) is 113 Å². The molecule has 11 nitrogen and oxygen atoms in total. The molecular weight excluding hydrogens is 582 g/mol. The fourth-order valence-corrected chi connectivity index (χ4v) is 5.22. The number of anilines is 2. The summed E-state index contributed by atoms with van der Waals surface area (Å²) in [6.45, 7) is 4.40. The van der Waals surface area contributed by atoms with Crippen LogP contribution in [0.5, 0.6) is 0 Å². The van der Waals surface area contributed by atoms with Crippen LogP contribution in [-0.4, -0.2) is 76.5 Å². The minimum atomic E-state index is -0.376. The fraction of sp³-hybridized carbons (Fsp3) is 0.200. The van der Waals surface area contributed by atoms with Crippen molar-refractivity contribution in [2.45, 2.75) is 0 Å². The van der Waals surface area contributed by atoms with Crippen LogP contribution in [0.4, 0.5) is 11.4 Å². The predicted octanol–water partition coefficient (Wildman–Crippen LogP) is 4.64. The van der Waals surface area contributed by atoms with E-state index in [2.05, 4.69) is 36.9 Å². The third-order valence-electron chi connectivity index (χ3n) is 7.75. The highest BCUT2D eigenvalue weighted by atomic mass is 16.5. The van der Waals surface area contributed by atoms with Gasteiger partial charge in [0.15, 0.2) is 0 Å². The van der Waals surface area contributed by atoms with Gasteiger partial charge in [0.1, 0.15) is 11.4 Å². The number of morpholine rings is 1. The maximum absolute atomic E-state index is 13.0. The standard InChI is InChI=1S/C35H35N7O4/c1-41-23-29(20-32(41)35(45)39-28-19-31(38-22-28)34(44)36-12-13-42-14-16-46-17-15-42)40-33(43)26-10-8-24(9-11-26)6-7-25-18-27-4-2-3-5-30(27)37-21-25/h2-11,18-23,38H,12-17H2,1H3,(H,36,44)(H,39,45)(H,40,43)/b7-6+. The van der Waals surface area contributed by atoms with Crippen LogP contribution < -0.4 is 16.0 Å². The Hall–Kier alpha value is -5.52. The summed E-state index contributed by atoms with van der Waals surface area (Å²) < 4.78 is 6.98. The van der Waals surface area contributed by atoms with E-state index in [9.17, 15) is 14.4 Å². The topological polar surface area (TPSA) is 133 Å². The minimum Gasteiger partial charge on any atom is -0.379 e. The average Bonchev–Trinajstić information content (AvgIpc) is 3.70. The van der Waals surface area contributed by atoms with Gasteiger partial charge in [0.25, 0.3) is 17.7 Å². The van der Waals surface area contributed by atoms with Crippen molar-refractivity contribution in [2.75, 3.05) is 50.0 Å². The molecule has 1 saturated heterocycles. The van der Waals surface area contributed by atoms with Crippen LogP contribution in [0.3, 0.4) is 0 Å². The van der Waals surface area contributed by atoms with Gasteiger partial charge in [-0.25, -0.2) is 0 Å². The first-order chi connectivity index (χ1) is 22.4. The number of carbonyl (C=O) groups is 3. The van der Waals surface area contributed by atoms with Crippen LogP contribution in [0.25, 0.3) is 23.1 Å². The molecule has 0 bridgehead atoms. The average molecular weight is 618 g/mol. The van der Waals surface area contributed by atoms with E-state index >= 15 is 0 Å². The molecule has 46 heavy (non-hydrogen) atoms. The van der Waals surface area contributed by atoms with Crippen LogP contribution >= 0.6 is 0 Å². The van der Waals surface area contributed by atoms with Crippen molar-refractivity contribution in [2.24, 2.45) is 7.05 Å². The number of ether oxygens (including phenoxy) is 1. The summed E-state index contributed by atoms with van der Waals surface area (Å²) in [5.74, 6) is -0.912. The number of aromatic nitrogens is 3. The highest BCUT2D eigenvalue weighted by Crippen LogP contribution is 2.19. The molecule has 5 aromatic rings. The summed E-state index contributed by atoms with van der Waals surface area (Å²) in [6.07, 6.45) is 9.03. The first-order valence-corrected chi connectivity index (χ1v) is 15.1. The quantitative estimate of drug-likeness (QED) is 0.181. The molecule has 4 N–H and O–H groups in total. The van der Waals surface area contributed by atoms with E-state index in [-0.39, 0.29) is 17.7 Å². The molecule has 0 unspecified atom stereocenters. The molecule has 2 aromatic carbocycles. The molecule has 6 rings (SSSR count). The minimum absolute atomic E-state index is 0.246. The van der Waals surface area contributed by atoms with E-state index in [1.807, 2.05) is 54.7 Å². The molecule has 234 valence electrons. The number of pyridine rings is 1. The van der Waals surface area contributed by atoms with Crippen molar-refractivity contribution >= 4 is 52.2 Å². The monoisotopic (exact) mass is 617 g/mol. The summed E-state index contributed by atoms with van der Waals surface area (Å²) in [5, 5.41) is 9.63. The van der Waals surface area contributed by atoms with Crippen LogP contribution in [0, 0.1) is 0 Å². The van der Waals surface area contributed by atoms with Gasteiger partial charge in [0, 0.05) is 62.8 Å². The highest BCUT2D eigenvalue weighted by Gasteiger charge is 2.17. The van der Waals surface area contributed by atoms with Gasteiger partial charge in [-0.2, -0.15) is 0 Å². The number of aryl methyl sites for hydroxylation is 1. The number of fused-ring (bicyclic) bond motifs is 1. The van der Waals surface area contributed by atoms with E-state index in [1.54, 1.807) is 48.3 Å². The van der Waals surface area contributed by atoms with Gasteiger partial charge in [-0.3, -0.25) is 24.3 Å². The normalized spacial score (nSPS) is 13.6. The second kappa shape index (κ2) is 14.1. The molecular formula is C35H35N7O4. The smallest absolute Gasteiger partial charge is 0.272 e. The lowest BCUT2D eigenvalue weighted by Gasteiger charge is -2.26. The van der Waals surface area contributed by atoms with Gasteiger partial charge in [-0.1, -0.05) is 42.5 Å². The van der Waals surface area contributed by atoms with E-state index in [0.29, 0.717) is 48.1 Å². The van der Waals surface area contributed by atoms with Crippen molar-refractivity contribution in [1.82, 2.24) is 24.8 Å². The Bertz CT molecular complexity index is 1880. The summed E-state index contributed by atoms with van der Waals surface area (Å²) in [4.78, 5) is 48.1. The SMILES string of the molecule is Cn1cc(NC(=O)c2ccc(/C=C/c3cnc4ccccc4c3)cc2)cc1C(=O)Nc1c[nH]c(C(=O)NCCN2CCOCC2)c1. The molecule has 0 saturated carbocycles. The summed E-state index contributed by atoms with van der Waals surface area (Å²) in [7, 11) is 1.72. The molecule has 11 heteroatoms. The first kappa shape index (κ1) is 30.5. The number of hydrogen-bond donors (Lipinski definition) is 4. The maximum Gasteiger partial charge on any atom is 0.272 e. The zero-order chi connectivity index (χ0) is 31.9. The number of aromatic amines is 1. The lowest BCUT2D eigenvalue weighted by Crippen LogP contribution is -2.41. The molecule has 0 spiro atoms. The van der Waals surface area contributed by atoms with Gasteiger partial charge in [-0.15, -0.1) is 0 Å². The lowest BCUT2D eigenvalue weighted by molar-refractivity contribution is 0.0383. The molecule has 3 aromatic heterocycles. The number of rotatable bonds is 10. The molecule has 0 radical (unpaired) electrons. The number of hydrogen-bond acceptors (Lipinski definition) is 6. The van der Waals surface area contributed by atoms with Gasteiger partial charge < -0.3 is 30.2 Å². The summed E-state index contributed by atoms with van der Waals surface area (Å²) >= 11 is 0. The van der Waals surface area contributed by atoms with E-state index in [0.717, 1.165) is 41.7 Å². The molecule has 4 heterocycles. The molecule has 0 atom stereocenters. The van der Waals surface area contributed by atoms with Gasteiger partial charge in [0.2, 0.25) is 0 Å². The van der Waals surface area contributed by atoms with Crippen molar-refractivity contribution < 1.29 is 19.1 Å². The second-order valence-corrected chi connectivity index (χ2v) is 11.1. The third kappa shape index (κ3) is 7.57. The van der Waals surface area contributed by atoms with Crippen molar-refractivity contribution in [3.63, 3.8) is 0 Å². The first-order valence-electron chi connectivity index (χ1n) is 15.1. The number of para-hydroxylation sites is 1. The Labute approximate surface area is 266 Å². The van der Waals surface area contributed by atoms with Crippen molar-refractivity contribution in [1.29, 1.82) is 0 Å². The second-order valence-electron chi connectivity index (χ2n) is 11.1. The number of nitrogens with one attached hydrogen (secondary N) is 4. The van der Waals surface area contributed by atoms with Gasteiger partial charge in [-0.05, 0) is 47.5 Å². The Balaban J connectivity index is 1.00. The molecule has 1 aliphatic rings. The summed E-state index contributed by atoms with van der Waals surface area (Å²) in [6, 6.07) is 20.5. The third-order valence-corrected chi connectivity index (χ3v) is 7.75. The molecule has 1 fully saturated rings. The number of amides is 3. The predicted molar refractivity (Wildman–Crippen MR) is 179 cm³/mol. The van der Waals surface area contributed by atoms with Crippen molar-refractivity contribution in [3.8, 4) is 0 Å². The Morgan fingerprint density at radius 3 is 2.48 bits per heavy atom. The number of nitrogens with zero attached hydrogens (tertiary/aromatic N) is 3. The zero-order valence-corrected chi connectivity index (χ0v) is 25.5. The van der Waals surface area contributed by atoms with Crippen LogP contribution in [0.15, 0.2) is 85.3 Å². The lowest BCUT2D eigenvalue weighted by atomic mass is 10.1. The zero-order valence-electron chi connectivity index (χ0n) is 25.5. The molecule has 3 amide bonds. The number of carbonyl (C=O) groups excluding carboxylic acids is 3. The van der Waals surface area contributed by atoms with Gasteiger partial charge >= 0.3 is 0 Å². The highest BCUT2D eigenvalue weighted by molar-refractivity contribution is 6.07. The van der Waals surface area contributed by atoms with Crippen LogP contribution in [0.2, 0.25) is 0 Å². The summed E-state index contributed by atoms with van der Waals surface area (Å²) in [5.41, 5.74) is 5.01. The Morgan fingerprint density at radius 2 is 1.65 bits per heavy atom. The van der Waals surface area contributed by atoms with Crippen LogP contribution in [-0.2, 0) is 11.8 Å². The van der Waals surface area contributed by atoms with E-state index in [1.165, 1.54) is 0 Å². The largest absolute Gasteiger partial charge is 0.379 e. The van der Waals surface area contributed by atoms with E-state index < -0.39 is 0 Å². The number of H-pyrrole nitrogens is 1. The Morgan fingerprint density at radius 1 is 0.891 bits per heavy atom. The fourth-order valence-electron chi connectivity index (χ4n) is 5.22. The Kier molecular flexibility index (Phi) is 9.32. The van der Waals surface area contributed by atoms with Crippen LogP contribution in [0.1, 0.15) is 42.5 Å². The molecule has 1 aliphatic heterocycles. The molecule has 0 aliphatic carbocycles. The van der Waals surface area contributed by atoms with Gasteiger partial charge in [0.05, 0.1) is 30.1 Å². The number of benzene rings is 2. The van der Waals surface area contributed by atoms with E-state index in [4.69, 9.17) is 4.74 Å². The maximum atomic E-state index is 13.0.